The molecule has 0 unspecified atom stereocenters. The molecule has 2 aromatic rings. The minimum atomic E-state index is -0.713. The number of aliphatic hydroxyl groups excluding tert-OH is 1. The average molecular weight is 337 g/mol. The fraction of sp³-hybridized carbons (Fsp3) is 0.200. The monoisotopic (exact) mass is 337 g/mol. The maximum Gasteiger partial charge on any atom is 0.301 e. The van der Waals surface area contributed by atoms with Gasteiger partial charge in [-0.15, -0.1) is 0 Å². The molecule has 0 saturated heterocycles. The highest BCUT2D eigenvalue weighted by Crippen LogP contribution is 2.32. The van der Waals surface area contributed by atoms with E-state index in [1.807, 2.05) is 26.0 Å². The first-order chi connectivity index (χ1) is 12.0. The Balaban J connectivity index is 1.90. The van der Waals surface area contributed by atoms with E-state index < -0.39 is 17.6 Å². The van der Waals surface area contributed by atoms with Crippen LogP contribution in [0.2, 0.25) is 0 Å². The minimum absolute atomic E-state index is 0.00705. The van der Waals surface area contributed by atoms with Crippen molar-refractivity contribution >= 4 is 23.1 Å². The zero-order valence-corrected chi connectivity index (χ0v) is 14.2. The van der Waals surface area contributed by atoms with Crippen molar-refractivity contribution in [2.24, 2.45) is 0 Å². The topological polar surface area (TPSA) is 66.8 Å². The summed E-state index contributed by atoms with van der Waals surface area (Å²) in [4.78, 5) is 26.1. The van der Waals surface area contributed by atoms with Crippen LogP contribution in [0.5, 0.6) is 5.75 Å². The fourth-order valence-corrected chi connectivity index (χ4v) is 2.64. The number of carbonyl (C=O) groups excluding carboxylic acids is 2. The molecule has 2 aromatic carbocycles. The van der Waals surface area contributed by atoms with Gasteiger partial charge < -0.3 is 9.84 Å². The molecular formula is C20H19NO4. The molecule has 25 heavy (non-hydrogen) atoms. The summed E-state index contributed by atoms with van der Waals surface area (Å²) in [5.41, 5.74) is 1.94. The summed E-state index contributed by atoms with van der Waals surface area (Å²) < 4.78 is 5.51. The van der Waals surface area contributed by atoms with E-state index in [1.165, 1.54) is 0 Å². The van der Waals surface area contributed by atoms with Crippen LogP contribution >= 0.6 is 0 Å². The molecular weight excluding hydrogens is 318 g/mol. The number of anilines is 1. The largest absolute Gasteiger partial charge is 0.502 e. The number of amides is 2. The van der Waals surface area contributed by atoms with E-state index in [1.54, 1.807) is 36.4 Å². The molecule has 1 aliphatic rings. The van der Waals surface area contributed by atoms with Crippen LogP contribution in [-0.4, -0.2) is 23.5 Å². The predicted octanol–water partition coefficient (Wildman–Crippen LogP) is 3.63. The Kier molecular flexibility index (Phi) is 4.57. The van der Waals surface area contributed by atoms with Crippen molar-refractivity contribution in [1.82, 2.24) is 0 Å². The van der Waals surface area contributed by atoms with Gasteiger partial charge in [-0.25, -0.2) is 4.90 Å². The Hall–Kier alpha value is -3.08. The van der Waals surface area contributed by atoms with Crippen LogP contribution in [0.25, 0.3) is 5.57 Å². The second kappa shape index (κ2) is 6.81. The quantitative estimate of drug-likeness (QED) is 0.846. The van der Waals surface area contributed by atoms with Crippen LogP contribution in [0.3, 0.4) is 0 Å². The first-order valence-corrected chi connectivity index (χ1v) is 8.15. The van der Waals surface area contributed by atoms with Gasteiger partial charge in [-0.1, -0.05) is 36.8 Å². The number of carbonyl (C=O) groups is 2. The lowest BCUT2D eigenvalue weighted by molar-refractivity contribution is -0.121. The third kappa shape index (κ3) is 3.13. The number of ether oxygens (including phenoxy) is 1. The Labute approximate surface area is 146 Å². The van der Waals surface area contributed by atoms with Gasteiger partial charge in [0.05, 0.1) is 17.9 Å². The summed E-state index contributed by atoms with van der Waals surface area (Å²) in [6.07, 6.45) is 0.895. The summed E-state index contributed by atoms with van der Waals surface area (Å²) in [7, 11) is 0. The predicted molar refractivity (Wildman–Crippen MR) is 95.4 cm³/mol. The van der Waals surface area contributed by atoms with E-state index in [9.17, 15) is 14.7 Å². The number of aliphatic hydroxyl groups is 1. The van der Waals surface area contributed by atoms with Gasteiger partial charge in [-0.3, -0.25) is 9.59 Å². The number of hydrogen-bond acceptors (Lipinski definition) is 4. The minimum Gasteiger partial charge on any atom is -0.502 e. The molecule has 2 amide bonds. The van der Waals surface area contributed by atoms with Crippen molar-refractivity contribution in [2.75, 3.05) is 11.5 Å². The van der Waals surface area contributed by atoms with Crippen molar-refractivity contribution in [2.45, 2.75) is 20.3 Å². The summed E-state index contributed by atoms with van der Waals surface area (Å²) in [5.74, 6) is -1.10. The molecule has 0 radical (unpaired) electrons. The van der Waals surface area contributed by atoms with Crippen molar-refractivity contribution < 1.29 is 19.4 Å². The van der Waals surface area contributed by atoms with Gasteiger partial charge in [-0.05, 0) is 43.2 Å². The van der Waals surface area contributed by atoms with Crippen LogP contribution in [0.15, 0.2) is 54.3 Å². The van der Waals surface area contributed by atoms with Crippen molar-refractivity contribution in [3.63, 3.8) is 0 Å². The van der Waals surface area contributed by atoms with Gasteiger partial charge >= 0.3 is 5.91 Å². The van der Waals surface area contributed by atoms with Gasteiger partial charge in [0.15, 0.2) is 5.76 Å². The lowest BCUT2D eigenvalue weighted by Gasteiger charge is -2.14. The van der Waals surface area contributed by atoms with E-state index in [0.29, 0.717) is 23.6 Å². The normalized spacial score (nSPS) is 14.4. The maximum absolute atomic E-state index is 12.7. The molecule has 0 spiro atoms. The van der Waals surface area contributed by atoms with Crippen LogP contribution < -0.4 is 9.64 Å². The van der Waals surface area contributed by atoms with Crippen LogP contribution in [0.4, 0.5) is 5.69 Å². The van der Waals surface area contributed by atoms with Crippen molar-refractivity contribution in [3.05, 3.63) is 65.4 Å². The number of rotatable bonds is 5. The molecule has 5 heteroatoms. The summed E-state index contributed by atoms with van der Waals surface area (Å²) in [5, 5.41) is 10.2. The van der Waals surface area contributed by atoms with Crippen LogP contribution in [0, 0.1) is 6.92 Å². The van der Waals surface area contributed by atoms with Gasteiger partial charge in [0.25, 0.3) is 5.91 Å². The van der Waals surface area contributed by atoms with Gasteiger partial charge in [0.1, 0.15) is 5.75 Å². The number of imide groups is 1. The van der Waals surface area contributed by atoms with E-state index in [4.69, 9.17) is 4.74 Å². The van der Waals surface area contributed by atoms with E-state index in [-0.39, 0.29) is 5.57 Å². The zero-order chi connectivity index (χ0) is 18.0. The first-order valence-electron chi connectivity index (χ1n) is 8.15. The number of benzene rings is 2. The highest BCUT2D eigenvalue weighted by Gasteiger charge is 2.40. The number of aryl methyl sites for hydroxylation is 1. The highest BCUT2D eigenvalue weighted by atomic mass is 16.5. The molecule has 3 rings (SSSR count). The molecule has 0 atom stereocenters. The van der Waals surface area contributed by atoms with Crippen LogP contribution in [0.1, 0.15) is 24.5 Å². The molecule has 128 valence electrons. The number of hydrogen-bond donors (Lipinski definition) is 1. The van der Waals surface area contributed by atoms with Gasteiger partial charge in [-0.2, -0.15) is 0 Å². The molecule has 0 saturated carbocycles. The molecule has 1 aliphatic heterocycles. The van der Waals surface area contributed by atoms with Crippen molar-refractivity contribution in [1.29, 1.82) is 0 Å². The summed E-state index contributed by atoms with van der Waals surface area (Å²) >= 11 is 0. The molecule has 0 aromatic heterocycles. The maximum atomic E-state index is 12.7. The Morgan fingerprint density at radius 3 is 2.20 bits per heavy atom. The third-order valence-electron chi connectivity index (χ3n) is 3.97. The first kappa shape index (κ1) is 16.8. The second-order valence-corrected chi connectivity index (χ2v) is 5.88. The third-order valence-corrected chi connectivity index (χ3v) is 3.97. The van der Waals surface area contributed by atoms with Crippen LogP contribution in [-0.2, 0) is 9.59 Å². The smallest absolute Gasteiger partial charge is 0.301 e. The Morgan fingerprint density at radius 1 is 0.960 bits per heavy atom. The molecule has 0 fully saturated rings. The lowest BCUT2D eigenvalue weighted by Crippen LogP contribution is -2.31. The highest BCUT2D eigenvalue weighted by molar-refractivity contribution is 6.44. The fourth-order valence-electron chi connectivity index (χ4n) is 2.64. The molecule has 0 aliphatic carbocycles. The molecule has 1 heterocycles. The average Bonchev–Trinajstić information content (AvgIpc) is 2.84. The molecule has 5 nitrogen and oxygen atoms in total. The zero-order valence-electron chi connectivity index (χ0n) is 14.2. The number of nitrogens with zero attached hydrogens (tertiary/aromatic N) is 1. The standard InChI is InChI=1S/C20H19NO4/c1-3-12-25-16-10-6-14(7-11-16)17-18(22)20(24)21(19(17)23)15-8-4-13(2)5-9-15/h4-11,22H,3,12H2,1-2H3. The summed E-state index contributed by atoms with van der Waals surface area (Å²) in [6, 6.07) is 13.8. The van der Waals surface area contributed by atoms with Gasteiger partial charge in [0.2, 0.25) is 0 Å². The summed E-state index contributed by atoms with van der Waals surface area (Å²) in [6.45, 7) is 4.53. The second-order valence-electron chi connectivity index (χ2n) is 5.88. The van der Waals surface area contributed by atoms with Crippen molar-refractivity contribution in [3.8, 4) is 5.75 Å². The Morgan fingerprint density at radius 2 is 1.60 bits per heavy atom. The molecule has 0 bridgehead atoms. The molecule has 1 N–H and O–H groups in total. The van der Waals surface area contributed by atoms with E-state index in [2.05, 4.69) is 0 Å². The Bertz CT molecular complexity index is 835. The van der Waals surface area contributed by atoms with Gasteiger partial charge in [0, 0.05) is 0 Å². The SMILES string of the molecule is CCCOc1ccc(C2=C(O)C(=O)N(c3ccc(C)cc3)C2=O)cc1. The van der Waals surface area contributed by atoms with E-state index in [0.717, 1.165) is 16.9 Å². The lowest BCUT2D eigenvalue weighted by atomic mass is 10.1. The van der Waals surface area contributed by atoms with E-state index >= 15 is 0 Å².